The summed E-state index contributed by atoms with van der Waals surface area (Å²) in [4.78, 5) is 2.21. The largest absolute Gasteiger partial charge is 0.292 e. The number of hydrogen-bond acceptors (Lipinski definition) is 1. The average Bonchev–Trinajstić information content (AvgIpc) is 1.98. The fourth-order valence-corrected chi connectivity index (χ4v) is 0.752. The second kappa shape index (κ2) is 6.38. The van der Waals surface area contributed by atoms with Gasteiger partial charge in [-0.1, -0.05) is 18.9 Å². The molecule has 0 aromatic rings. The van der Waals surface area contributed by atoms with Crippen molar-refractivity contribution in [3.63, 3.8) is 0 Å². The van der Waals surface area contributed by atoms with E-state index in [1.807, 2.05) is 6.08 Å². The molecule has 0 N–H and O–H groups in total. The summed E-state index contributed by atoms with van der Waals surface area (Å²) in [7, 11) is 0. The molecule has 1 heteroatoms. The van der Waals surface area contributed by atoms with Crippen LogP contribution in [0.4, 0.5) is 0 Å². The van der Waals surface area contributed by atoms with Gasteiger partial charge in [0, 0.05) is 6.54 Å². The summed E-state index contributed by atoms with van der Waals surface area (Å²) in [5.41, 5.74) is 0. The summed E-state index contributed by atoms with van der Waals surface area (Å²) < 4.78 is 0. The lowest BCUT2D eigenvalue weighted by Gasteiger charge is -2.15. The van der Waals surface area contributed by atoms with Gasteiger partial charge in [0.2, 0.25) is 0 Å². The van der Waals surface area contributed by atoms with E-state index in [1.54, 1.807) is 0 Å². The third-order valence-corrected chi connectivity index (χ3v) is 1.41. The van der Waals surface area contributed by atoms with Crippen LogP contribution < -0.4 is 0 Å². The van der Waals surface area contributed by atoms with Gasteiger partial charge in [0.25, 0.3) is 0 Å². The van der Waals surface area contributed by atoms with Crippen LogP contribution in [0.15, 0.2) is 12.7 Å². The van der Waals surface area contributed by atoms with Gasteiger partial charge in [-0.2, -0.15) is 0 Å². The normalized spacial score (nSPS) is 9.30. The van der Waals surface area contributed by atoms with Gasteiger partial charge in [-0.3, -0.25) is 4.90 Å². The van der Waals surface area contributed by atoms with E-state index in [4.69, 9.17) is 6.42 Å². The van der Waals surface area contributed by atoms with Gasteiger partial charge in [0.05, 0.1) is 6.54 Å². The van der Waals surface area contributed by atoms with Crippen molar-refractivity contribution in [2.45, 2.75) is 13.3 Å². The predicted molar refractivity (Wildman–Crippen MR) is 45.8 cm³/mol. The quantitative estimate of drug-likeness (QED) is 0.410. The maximum atomic E-state index is 5.16. The Hall–Kier alpha value is -0.740. The molecule has 0 aliphatic heterocycles. The van der Waals surface area contributed by atoms with Crippen LogP contribution in [0.25, 0.3) is 0 Å². The zero-order valence-corrected chi connectivity index (χ0v) is 6.64. The van der Waals surface area contributed by atoms with Crippen molar-refractivity contribution in [2.75, 3.05) is 19.6 Å². The molecular formula is C9H15N. The van der Waals surface area contributed by atoms with Crippen LogP contribution in [0.3, 0.4) is 0 Å². The molecule has 0 aromatic heterocycles. The summed E-state index contributed by atoms with van der Waals surface area (Å²) in [5, 5.41) is 0. The van der Waals surface area contributed by atoms with Gasteiger partial charge in [0.1, 0.15) is 0 Å². The molecule has 0 bridgehead atoms. The minimum atomic E-state index is 0.754. The molecule has 0 aliphatic carbocycles. The zero-order valence-electron chi connectivity index (χ0n) is 6.64. The molecular weight excluding hydrogens is 122 g/mol. The van der Waals surface area contributed by atoms with E-state index in [2.05, 4.69) is 24.3 Å². The smallest absolute Gasteiger partial charge is 0.0598 e. The number of hydrogen-bond donors (Lipinski definition) is 0. The number of terminal acetylenes is 1. The lowest BCUT2D eigenvalue weighted by Crippen LogP contribution is -2.24. The van der Waals surface area contributed by atoms with E-state index >= 15 is 0 Å². The van der Waals surface area contributed by atoms with E-state index in [0.717, 1.165) is 26.1 Å². The standard InChI is InChI=1S/C9H15N/c1-4-7-9-10(6-3)8-5-2/h2,4H,1,6-9H2,3H3. The van der Waals surface area contributed by atoms with E-state index in [0.29, 0.717) is 0 Å². The predicted octanol–water partition coefficient (Wildman–Crippen LogP) is 1.52. The first-order chi connectivity index (χ1) is 4.85. The topological polar surface area (TPSA) is 3.24 Å². The second-order valence-electron chi connectivity index (χ2n) is 2.15. The first-order valence-corrected chi connectivity index (χ1v) is 3.61. The maximum Gasteiger partial charge on any atom is 0.0598 e. The fraction of sp³-hybridized carbons (Fsp3) is 0.556. The van der Waals surface area contributed by atoms with E-state index in [-0.39, 0.29) is 0 Å². The number of nitrogens with zero attached hydrogens (tertiary/aromatic N) is 1. The van der Waals surface area contributed by atoms with Crippen molar-refractivity contribution in [1.29, 1.82) is 0 Å². The van der Waals surface area contributed by atoms with Crippen molar-refractivity contribution in [3.8, 4) is 12.3 Å². The molecule has 0 radical (unpaired) electrons. The van der Waals surface area contributed by atoms with Crippen molar-refractivity contribution < 1.29 is 0 Å². The van der Waals surface area contributed by atoms with Crippen LogP contribution >= 0.6 is 0 Å². The Kier molecular flexibility index (Phi) is 5.91. The van der Waals surface area contributed by atoms with E-state index < -0.39 is 0 Å². The minimum Gasteiger partial charge on any atom is -0.292 e. The maximum absolute atomic E-state index is 5.16. The number of rotatable bonds is 5. The average molecular weight is 137 g/mol. The van der Waals surface area contributed by atoms with Gasteiger partial charge in [-0.25, -0.2) is 0 Å². The monoisotopic (exact) mass is 137 g/mol. The highest BCUT2D eigenvalue weighted by atomic mass is 15.1. The first kappa shape index (κ1) is 9.26. The Morgan fingerprint density at radius 3 is 2.80 bits per heavy atom. The fourth-order valence-electron chi connectivity index (χ4n) is 0.752. The lowest BCUT2D eigenvalue weighted by atomic mass is 10.3. The summed E-state index contributed by atoms with van der Waals surface area (Å²) in [6.07, 6.45) is 8.10. The van der Waals surface area contributed by atoms with Crippen molar-refractivity contribution >= 4 is 0 Å². The highest BCUT2D eigenvalue weighted by Crippen LogP contribution is 1.89. The van der Waals surface area contributed by atoms with Crippen LogP contribution in [0.1, 0.15) is 13.3 Å². The van der Waals surface area contributed by atoms with Gasteiger partial charge in [-0.15, -0.1) is 13.0 Å². The van der Waals surface area contributed by atoms with Crippen molar-refractivity contribution in [3.05, 3.63) is 12.7 Å². The molecule has 1 nitrogen and oxygen atoms in total. The molecule has 0 unspecified atom stereocenters. The summed E-state index contributed by atoms with van der Waals surface area (Å²) >= 11 is 0. The zero-order chi connectivity index (χ0) is 7.82. The van der Waals surface area contributed by atoms with Gasteiger partial charge in [0.15, 0.2) is 0 Å². The minimum absolute atomic E-state index is 0.754. The van der Waals surface area contributed by atoms with Crippen LogP contribution in [-0.4, -0.2) is 24.5 Å². The lowest BCUT2D eigenvalue weighted by molar-refractivity contribution is 0.331. The third kappa shape index (κ3) is 4.17. The van der Waals surface area contributed by atoms with Gasteiger partial charge in [-0.05, 0) is 13.0 Å². The Bertz CT molecular complexity index is 121. The molecule has 0 fully saturated rings. The molecule has 56 valence electrons. The Labute approximate surface area is 63.7 Å². The molecule has 0 saturated heterocycles. The van der Waals surface area contributed by atoms with Gasteiger partial charge >= 0.3 is 0 Å². The summed E-state index contributed by atoms with van der Waals surface area (Å²) in [6.45, 7) is 8.57. The Balaban J connectivity index is 3.41. The van der Waals surface area contributed by atoms with E-state index in [1.165, 1.54) is 0 Å². The van der Waals surface area contributed by atoms with Crippen LogP contribution in [0, 0.1) is 12.3 Å². The third-order valence-electron chi connectivity index (χ3n) is 1.41. The molecule has 0 amide bonds. The molecule has 10 heavy (non-hydrogen) atoms. The molecule has 0 saturated carbocycles. The van der Waals surface area contributed by atoms with Crippen LogP contribution in [0.2, 0.25) is 0 Å². The summed E-state index contributed by atoms with van der Waals surface area (Å²) in [6, 6.07) is 0. The first-order valence-electron chi connectivity index (χ1n) is 3.61. The molecule has 0 spiro atoms. The highest BCUT2D eigenvalue weighted by Gasteiger charge is 1.95. The van der Waals surface area contributed by atoms with Crippen molar-refractivity contribution in [2.24, 2.45) is 0 Å². The molecule has 0 rings (SSSR count). The highest BCUT2D eigenvalue weighted by molar-refractivity contribution is 4.88. The molecule has 0 aromatic carbocycles. The van der Waals surface area contributed by atoms with Crippen LogP contribution in [-0.2, 0) is 0 Å². The Morgan fingerprint density at radius 1 is 1.70 bits per heavy atom. The van der Waals surface area contributed by atoms with E-state index in [9.17, 15) is 0 Å². The molecule has 0 atom stereocenters. The Morgan fingerprint density at radius 2 is 2.40 bits per heavy atom. The molecule has 0 aliphatic rings. The second-order valence-corrected chi connectivity index (χ2v) is 2.15. The van der Waals surface area contributed by atoms with Crippen molar-refractivity contribution in [1.82, 2.24) is 4.90 Å². The summed E-state index contributed by atoms with van der Waals surface area (Å²) in [5.74, 6) is 2.62. The van der Waals surface area contributed by atoms with Crippen LogP contribution in [0.5, 0.6) is 0 Å². The van der Waals surface area contributed by atoms with Gasteiger partial charge < -0.3 is 0 Å². The SMILES string of the molecule is C#CCN(CC)CCC=C. The molecule has 0 heterocycles.